The summed E-state index contributed by atoms with van der Waals surface area (Å²) in [5.74, 6) is -0.0657. The van der Waals surface area contributed by atoms with Gasteiger partial charge in [-0.2, -0.15) is 0 Å². The fourth-order valence-corrected chi connectivity index (χ4v) is 1.86. The number of aryl methyl sites for hydroxylation is 1. The fourth-order valence-electron chi connectivity index (χ4n) is 1.86. The number of imidazole rings is 1. The zero-order valence-corrected chi connectivity index (χ0v) is 10.3. The molecule has 1 N–H and O–H groups in total. The third-order valence-corrected chi connectivity index (χ3v) is 2.78. The van der Waals surface area contributed by atoms with Gasteiger partial charge in [0.2, 0.25) is 5.95 Å². The van der Waals surface area contributed by atoms with Crippen LogP contribution < -0.4 is 5.32 Å². The Labute approximate surface area is 109 Å². The molecule has 0 saturated heterocycles. The molecule has 6 heteroatoms. The summed E-state index contributed by atoms with van der Waals surface area (Å²) in [6, 6.07) is 3.99. The minimum Gasteiger partial charge on any atom is -0.349 e. The number of hydrogen-bond donors (Lipinski definition) is 1. The van der Waals surface area contributed by atoms with Crippen molar-refractivity contribution in [2.75, 3.05) is 5.32 Å². The normalized spacial score (nSPS) is 10.8. The molecule has 3 heterocycles. The highest BCUT2D eigenvalue weighted by atomic mass is 19.1. The number of nitrogens with one attached hydrogen (secondary N) is 1. The fraction of sp³-hybridized carbons (Fsp3) is 0.154. The molecule has 0 aliphatic carbocycles. The van der Waals surface area contributed by atoms with Crippen molar-refractivity contribution in [3.63, 3.8) is 0 Å². The Morgan fingerprint density at radius 1 is 1.32 bits per heavy atom. The minimum absolute atomic E-state index is 0.384. The van der Waals surface area contributed by atoms with E-state index in [4.69, 9.17) is 0 Å². The molecule has 0 radical (unpaired) electrons. The zero-order chi connectivity index (χ0) is 13.2. The third-order valence-electron chi connectivity index (χ3n) is 2.78. The van der Waals surface area contributed by atoms with Gasteiger partial charge in [0, 0.05) is 12.4 Å². The Kier molecular flexibility index (Phi) is 2.83. The average molecular weight is 257 g/mol. The lowest BCUT2D eigenvalue weighted by Crippen LogP contribution is -2.03. The van der Waals surface area contributed by atoms with Crippen molar-refractivity contribution in [2.24, 2.45) is 0 Å². The van der Waals surface area contributed by atoms with Crippen LogP contribution in [0, 0.1) is 12.7 Å². The van der Waals surface area contributed by atoms with Crippen LogP contribution >= 0.6 is 0 Å². The number of hydrogen-bond acceptors (Lipinski definition) is 4. The molecule has 0 saturated carbocycles. The van der Waals surface area contributed by atoms with Crippen LogP contribution in [0.15, 0.2) is 36.9 Å². The van der Waals surface area contributed by atoms with Gasteiger partial charge in [0.1, 0.15) is 5.65 Å². The predicted octanol–water partition coefficient (Wildman–Crippen LogP) is 2.18. The van der Waals surface area contributed by atoms with E-state index < -0.39 is 5.82 Å². The standard InChI is InChI=1S/C13H12FN5/c1-9-3-2-4-19-8-11(18-12(9)19)7-17-13-15-5-10(14)6-16-13/h2-6,8H,7H2,1H3,(H,15,16,17). The van der Waals surface area contributed by atoms with Crippen molar-refractivity contribution in [3.05, 3.63) is 54.0 Å². The van der Waals surface area contributed by atoms with Gasteiger partial charge in [0.05, 0.1) is 24.6 Å². The monoisotopic (exact) mass is 257 g/mol. The van der Waals surface area contributed by atoms with E-state index in [1.807, 2.05) is 35.9 Å². The topological polar surface area (TPSA) is 55.1 Å². The molecule has 0 bridgehead atoms. The van der Waals surface area contributed by atoms with E-state index in [1.165, 1.54) is 0 Å². The van der Waals surface area contributed by atoms with Gasteiger partial charge >= 0.3 is 0 Å². The quantitative estimate of drug-likeness (QED) is 0.781. The van der Waals surface area contributed by atoms with Gasteiger partial charge in [-0.25, -0.2) is 19.3 Å². The van der Waals surface area contributed by atoms with E-state index in [0.29, 0.717) is 12.5 Å². The Hall–Kier alpha value is -2.50. The Morgan fingerprint density at radius 2 is 2.11 bits per heavy atom. The highest BCUT2D eigenvalue weighted by molar-refractivity contribution is 5.48. The largest absolute Gasteiger partial charge is 0.349 e. The molecule has 0 atom stereocenters. The molecule has 3 aromatic rings. The molecule has 0 aliphatic rings. The van der Waals surface area contributed by atoms with Crippen molar-refractivity contribution in [2.45, 2.75) is 13.5 Å². The van der Waals surface area contributed by atoms with Crippen LogP contribution in [0.3, 0.4) is 0 Å². The minimum atomic E-state index is -0.450. The van der Waals surface area contributed by atoms with Gasteiger partial charge in [-0.15, -0.1) is 0 Å². The van der Waals surface area contributed by atoms with Gasteiger partial charge in [0.15, 0.2) is 5.82 Å². The van der Waals surface area contributed by atoms with E-state index in [1.54, 1.807) is 0 Å². The van der Waals surface area contributed by atoms with Gasteiger partial charge < -0.3 is 9.72 Å². The summed E-state index contributed by atoms with van der Waals surface area (Å²) in [7, 11) is 0. The smallest absolute Gasteiger partial charge is 0.223 e. The number of anilines is 1. The molecule has 3 aromatic heterocycles. The summed E-state index contributed by atoms with van der Waals surface area (Å²) in [6.45, 7) is 2.51. The van der Waals surface area contributed by atoms with Crippen molar-refractivity contribution in [3.8, 4) is 0 Å². The van der Waals surface area contributed by atoms with Crippen molar-refractivity contribution in [1.29, 1.82) is 0 Å². The third kappa shape index (κ3) is 2.37. The van der Waals surface area contributed by atoms with Crippen molar-refractivity contribution in [1.82, 2.24) is 19.4 Å². The lowest BCUT2D eigenvalue weighted by atomic mass is 10.3. The first kappa shape index (κ1) is 11.6. The number of aromatic nitrogens is 4. The van der Waals surface area contributed by atoms with Crippen LogP contribution in [0.1, 0.15) is 11.3 Å². The molecule has 0 spiro atoms. The summed E-state index contributed by atoms with van der Waals surface area (Å²) in [6.07, 6.45) is 6.15. The maximum Gasteiger partial charge on any atom is 0.223 e. The zero-order valence-electron chi connectivity index (χ0n) is 10.3. The van der Waals surface area contributed by atoms with E-state index >= 15 is 0 Å². The SMILES string of the molecule is Cc1cccn2cc(CNc3ncc(F)cn3)nc12. The Balaban J connectivity index is 1.78. The second-order valence-corrected chi connectivity index (χ2v) is 4.23. The van der Waals surface area contributed by atoms with Gasteiger partial charge in [-0.05, 0) is 18.6 Å². The number of nitrogens with zero attached hydrogens (tertiary/aromatic N) is 4. The highest BCUT2D eigenvalue weighted by Gasteiger charge is 2.04. The van der Waals surface area contributed by atoms with Crippen LogP contribution in [-0.4, -0.2) is 19.4 Å². The molecule has 3 rings (SSSR count). The summed E-state index contributed by atoms with van der Waals surface area (Å²) in [5, 5.41) is 3.00. The maximum absolute atomic E-state index is 12.7. The van der Waals surface area contributed by atoms with E-state index in [0.717, 1.165) is 29.3 Å². The molecule has 0 unspecified atom stereocenters. The van der Waals surface area contributed by atoms with E-state index in [2.05, 4.69) is 20.3 Å². The van der Waals surface area contributed by atoms with Gasteiger partial charge in [-0.1, -0.05) is 6.07 Å². The van der Waals surface area contributed by atoms with Crippen LogP contribution in [-0.2, 0) is 6.54 Å². The molecule has 96 valence electrons. The van der Waals surface area contributed by atoms with Crippen molar-refractivity contribution < 1.29 is 4.39 Å². The number of pyridine rings is 1. The van der Waals surface area contributed by atoms with Gasteiger partial charge in [-0.3, -0.25) is 0 Å². The summed E-state index contributed by atoms with van der Waals surface area (Å²) in [5.41, 5.74) is 2.92. The average Bonchev–Trinajstić information content (AvgIpc) is 2.83. The first-order chi connectivity index (χ1) is 9.22. The van der Waals surface area contributed by atoms with E-state index in [-0.39, 0.29) is 0 Å². The molecule has 19 heavy (non-hydrogen) atoms. The second-order valence-electron chi connectivity index (χ2n) is 4.23. The highest BCUT2D eigenvalue weighted by Crippen LogP contribution is 2.10. The lowest BCUT2D eigenvalue weighted by molar-refractivity contribution is 0.614. The second kappa shape index (κ2) is 4.64. The number of rotatable bonds is 3. The predicted molar refractivity (Wildman–Crippen MR) is 69.2 cm³/mol. The van der Waals surface area contributed by atoms with Crippen LogP contribution in [0.25, 0.3) is 5.65 Å². The summed E-state index contributed by atoms with van der Waals surface area (Å²) >= 11 is 0. The van der Waals surface area contributed by atoms with E-state index in [9.17, 15) is 4.39 Å². The molecular formula is C13H12FN5. The molecule has 0 aliphatic heterocycles. The number of halogens is 1. The lowest BCUT2D eigenvalue weighted by Gasteiger charge is -2.00. The van der Waals surface area contributed by atoms with Gasteiger partial charge in [0.25, 0.3) is 0 Å². The summed E-state index contributed by atoms with van der Waals surface area (Å²) in [4.78, 5) is 12.2. The Bertz CT molecular complexity index is 705. The Morgan fingerprint density at radius 3 is 2.84 bits per heavy atom. The van der Waals surface area contributed by atoms with Crippen LogP contribution in [0.5, 0.6) is 0 Å². The van der Waals surface area contributed by atoms with Crippen LogP contribution in [0.4, 0.5) is 10.3 Å². The molecule has 0 aromatic carbocycles. The molecule has 5 nitrogen and oxygen atoms in total. The maximum atomic E-state index is 12.7. The van der Waals surface area contributed by atoms with Crippen LogP contribution in [0.2, 0.25) is 0 Å². The van der Waals surface area contributed by atoms with Crippen molar-refractivity contribution >= 4 is 11.6 Å². The number of fused-ring (bicyclic) bond motifs is 1. The molecular weight excluding hydrogens is 245 g/mol. The summed E-state index contributed by atoms with van der Waals surface area (Å²) < 4.78 is 14.6. The first-order valence-corrected chi connectivity index (χ1v) is 5.87. The first-order valence-electron chi connectivity index (χ1n) is 5.87. The molecule has 0 amide bonds. The molecule has 0 fully saturated rings.